The van der Waals surface area contributed by atoms with E-state index in [2.05, 4.69) is 12.2 Å². The van der Waals surface area contributed by atoms with Gasteiger partial charge in [0.05, 0.1) is 23.1 Å². The molecule has 2 bridgehead atoms. The number of anilines is 1. The van der Waals surface area contributed by atoms with E-state index in [1.165, 1.54) is 4.90 Å². The first-order valence-corrected chi connectivity index (χ1v) is 10.5. The quantitative estimate of drug-likeness (QED) is 0.341. The molecule has 5 heteroatoms. The molecule has 1 aliphatic heterocycles. The highest BCUT2D eigenvalue weighted by Crippen LogP contribution is 2.65. The Morgan fingerprint density at radius 3 is 2.20 bits per heavy atom. The van der Waals surface area contributed by atoms with Crippen LogP contribution in [0, 0.1) is 42.4 Å². The maximum Gasteiger partial charge on any atom is 0.343 e. The summed E-state index contributed by atoms with van der Waals surface area (Å²) in [6, 6.07) is 13.8. The van der Waals surface area contributed by atoms with E-state index in [-0.39, 0.29) is 35.5 Å². The van der Waals surface area contributed by atoms with Crippen molar-refractivity contribution in [1.82, 2.24) is 0 Å². The van der Waals surface area contributed by atoms with Crippen LogP contribution in [-0.4, -0.2) is 17.8 Å². The summed E-state index contributed by atoms with van der Waals surface area (Å²) >= 11 is 0. The molecule has 2 aromatic carbocycles. The molecule has 2 saturated carbocycles. The molecule has 1 heterocycles. The number of amides is 2. The molecule has 0 aromatic heterocycles. The fourth-order valence-corrected chi connectivity index (χ4v) is 5.76. The number of esters is 1. The molecule has 30 heavy (non-hydrogen) atoms. The van der Waals surface area contributed by atoms with Crippen molar-refractivity contribution in [3.8, 4) is 5.75 Å². The Kier molecular flexibility index (Phi) is 3.61. The minimum atomic E-state index is -0.514. The predicted octanol–water partition coefficient (Wildman–Crippen LogP) is 3.77. The molecular formula is C25H21NO4. The Bertz CT molecular complexity index is 1080. The van der Waals surface area contributed by atoms with Gasteiger partial charge in [-0.15, -0.1) is 0 Å². The summed E-state index contributed by atoms with van der Waals surface area (Å²) in [7, 11) is 0. The van der Waals surface area contributed by atoms with Gasteiger partial charge in [-0.1, -0.05) is 35.9 Å². The number of benzene rings is 2. The Morgan fingerprint density at radius 1 is 0.933 bits per heavy atom. The molecule has 5 nitrogen and oxygen atoms in total. The number of carbonyl (C=O) groups excluding carboxylic acids is 3. The number of hydrogen-bond donors (Lipinski definition) is 0. The van der Waals surface area contributed by atoms with Crippen LogP contribution in [-0.2, 0) is 9.59 Å². The van der Waals surface area contributed by atoms with Crippen LogP contribution in [0.1, 0.15) is 22.3 Å². The second-order valence-corrected chi connectivity index (χ2v) is 8.92. The third-order valence-corrected chi connectivity index (χ3v) is 7.23. The molecule has 7 rings (SSSR count). The second kappa shape index (κ2) is 6.14. The van der Waals surface area contributed by atoms with Gasteiger partial charge in [-0.05, 0) is 67.3 Å². The molecule has 5 aliphatic rings. The van der Waals surface area contributed by atoms with Gasteiger partial charge < -0.3 is 4.74 Å². The topological polar surface area (TPSA) is 63.7 Å². The van der Waals surface area contributed by atoms with Gasteiger partial charge in [-0.3, -0.25) is 9.59 Å². The minimum Gasteiger partial charge on any atom is -0.423 e. The van der Waals surface area contributed by atoms with Gasteiger partial charge in [0, 0.05) is 0 Å². The summed E-state index contributed by atoms with van der Waals surface area (Å²) in [5.74, 6) is 0.679. The van der Waals surface area contributed by atoms with Gasteiger partial charge >= 0.3 is 5.97 Å². The van der Waals surface area contributed by atoms with Crippen molar-refractivity contribution >= 4 is 23.5 Å². The molecule has 4 aliphatic carbocycles. The van der Waals surface area contributed by atoms with Crippen molar-refractivity contribution in [2.75, 3.05) is 4.90 Å². The summed E-state index contributed by atoms with van der Waals surface area (Å²) in [5.41, 5.74) is 1.84. The van der Waals surface area contributed by atoms with Gasteiger partial charge in [0.2, 0.25) is 11.8 Å². The first-order chi connectivity index (χ1) is 14.5. The summed E-state index contributed by atoms with van der Waals surface area (Å²) in [6.07, 6.45) is 5.45. The van der Waals surface area contributed by atoms with Crippen LogP contribution in [0.3, 0.4) is 0 Å². The second-order valence-electron chi connectivity index (χ2n) is 8.92. The highest BCUT2D eigenvalue weighted by atomic mass is 16.5. The van der Waals surface area contributed by atoms with Crippen molar-refractivity contribution in [2.45, 2.75) is 13.3 Å². The maximum atomic E-state index is 13.3. The lowest BCUT2D eigenvalue weighted by Gasteiger charge is -2.37. The monoisotopic (exact) mass is 399 g/mol. The van der Waals surface area contributed by atoms with E-state index >= 15 is 0 Å². The zero-order valence-corrected chi connectivity index (χ0v) is 16.5. The van der Waals surface area contributed by atoms with Crippen molar-refractivity contribution in [3.63, 3.8) is 0 Å². The zero-order chi connectivity index (χ0) is 20.6. The Hall–Kier alpha value is -3.21. The molecule has 2 amide bonds. The summed E-state index contributed by atoms with van der Waals surface area (Å²) in [4.78, 5) is 40.5. The molecule has 0 unspecified atom stereocenters. The number of aryl methyl sites for hydroxylation is 1. The predicted molar refractivity (Wildman–Crippen MR) is 110 cm³/mol. The number of rotatable bonds is 3. The lowest BCUT2D eigenvalue weighted by atomic mass is 9.63. The Labute approximate surface area is 174 Å². The molecule has 2 aromatic rings. The average Bonchev–Trinajstić information content (AvgIpc) is 3.53. The van der Waals surface area contributed by atoms with Crippen molar-refractivity contribution in [3.05, 3.63) is 71.8 Å². The molecule has 3 fully saturated rings. The van der Waals surface area contributed by atoms with E-state index in [0.717, 1.165) is 12.0 Å². The van der Waals surface area contributed by atoms with E-state index in [0.29, 0.717) is 28.8 Å². The number of nitrogens with zero attached hydrogens (tertiary/aromatic N) is 1. The van der Waals surface area contributed by atoms with E-state index < -0.39 is 5.97 Å². The van der Waals surface area contributed by atoms with Crippen LogP contribution in [0.15, 0.2) is 60.7 Å². The summed E-state index contributed by atoms with van der Waals surface area (Å²) in [5, 5.41) is 0. The number of hydrogen-bond acceptors (Lipinski definition) is 4. The zero-order valence-electron chi connectivity index (χ0n) is 16.5. The molecule has 0 spiro atoms. The summed E-state index contributed by atoms with van der Waals surface area (Å²) < 4.78 is 5.45. The fraction of sp³-hybridized carbons (Fsp3) is 0.320. The van der Waals surface area contributed by atoms with Crippen LogP contribution < -0.4 is 9.64 Å². The number of imide groups is 1. The van der Waals surface area contributed by atoms with Crippen LogP contribution in [0.4, 0.5) is 5.69 Å². The highest BCUT2D eigenvalue weighted by molar-refractivity contribution is 6.23. The van der Waals surface area contributed by atoms with Gasteiger partial charge in [-0.2, -0.15) is 0 Å². The molecule has 150 valence electrons. The number of allylic oxidation sites excluding steroid dienone is 2. The standard InChI is InChI=1S/C25H21NO4/c1-13-5-7-16(8-6-13)30-25(29)14-3-2-4-15(11-14)26-23(27)21-17-9-10-18(20-12-19(17)20)22(21)24(26)28/h2-11,17-22H,12H2,1H3/t17-,18-,19-,20+,21+,22+/m0/s1. The highest BCUT2D eigenvalue weighted by Gasteiger charge is 2.67. The minimum absolute atomic E-state index is 0.126. The third kappa shape index (κ3) is 2.44. The van der Waals surface area contributed by atoms with Crippen LogP contribution >= 0.6 is 0 Å². The lowest BCUT2D eigenvalue weighted by molar-refractivity contribution is -0.124. The molecular weight excluding hydrogens is 378 g/mol. The normalized spacial score (nSPS) is 32.8. The Morgan fingerprint density at radius 2 is 1.57 bits per heavy atom. The summed E-state index contributed by atoms with van der Waals surface area (Å²) in [6.45, 7) is 1.96. The molecule has 0 radical (unpaired) electrons. The largest absolute Gasteiger partial charge is 0.423 e. The van der Waals surface area contributed by atoms with Crippen LogP contribution in [0.25, 0.3) is 0 Å². The van der Waals surface area contributed by atoms with Gasteiger partial charge in [0.1, 0.15) is 5.75 Å². The first-order valence-electron chi connectivity index (χ1n) is 10.5. The maximum absolute atomic E-state index is 13.3. The van der Waals surface area contributed by atoms with Crippen molar-refractivity contribution < 1.29 is 19.1 Å². The smallest absolute Gasteiger partial charge is 0.343 e. The SMILES string of the molecule is Cc1ccc(OC(=O)c2cccc(N3C(=O)[C@@H]4[C@H]5C=C[C@@H]([C@@H]6C[C@H]56)[C@H]4C3=O)c2)cc1. The van der Waals surface area contributed by atoms with E-state index in [1.54, 1.807) is 36.4 Å². The van der Waals surface area contributed by atoms with Crippen LogP contribution in [0.2, 0.25) is 0 Å². The van der Waals surface area contributed by atoms with Gasteiger partial charge in [0.25, 0.3) is 0 Å². The van der Waals surface area contributed by atoms with Gasteiger partial charge in [-0.25, -0.2) is 9.69 Å². The van der Waals surface area contributed by atoms with Crippen molar-refractivity contribution in [2.24, 2.45) is 35.5 Å². The van der Waals surface area contributed by atoms with E-state index in [1.807, 2.05) is 19.1 Å². The van der Waals surface area contributed by atoms with E-state index in [4.69, 9.17) is 4.74 Å². The Balaban J connectivity index is 1.28. The number of ether oxygens (including phenoxy) is 1. The first kappa shape index (κ1) is 17.6. The number of carbonyl (C=O) groups is 3. The molecule has 6 atom stereocenters. The van der Waals surface area contributed by atoms with Crippen LogP contribution in [0.5, 0.6) is 5.75 Å². The van der Waals surface area contributed by atoms with E-state index in [9.17, 15) is 14.4 Å². The molecule has 1 saturated heterocycles. The third-order valence-electron chi connectivity index (χ3n) is 7.23. The fourth-order valence-electron chi connectivity index (χ4n) is 5.76. The molecule has 0 N–H and O–H groups in total. The van der Waals surface area contributed by atoms with Crippen molar-refractivity contribution in [1.29, 1.82) is 0 Å². The lowest BCUT2D eigenvalue weighted by Crippen LogP contribution is -2.40. The average molecular weight is 399 g/mol. The van der Waals surface area contributed by atoms with Gasteiger partial charge in [0.15, 0.2) is 0 Å².